The highest BCUT2D eigenvalue weighted by atomic mass is 16.5. The van der Waals surface area contributed by atoms with E-state index in [-0.39, 0.29) is 6.10 Å². The van der Waals surface area contributed by atoms with Crippen LogP contribution in [0.4, 0.5) is 0 Å². The Morgan fingerprint density at radius 1 is 1.46 bits per heavy atom. The van der Waals surface area contributed by atoms with Crippen molar-refractivity contribution in [3.8, 4) is 0 Å². The van der Waals surface area contributed by atoms with Crippen molar-refractivity contribution in [2.45, 2.75) is 19.6 Å². The first kappa shape index (κ1) is 7.15. The van der Waals surface area contributed by atoms with Crippen LogP contribution in [0.2, 0.25) is 0 Å². The van der Waals surface area contributed by atoms with Crippen molar-refractivity contribution in [1.29, 1.82) is 0 Å². The summed E-state index contributed by atoms with van der Waals surface area (Å²) >= 11 is 0. The molecule has 2 nitrogen and oxygen atoms in total. The van der Waals surface area contributed by atoms with Crippen LogP contribution >= 0.6 is 0 Å². The molecule has 1 aliphatic heterocycles. The Bertz CT molecular complexity index is 458. The standard InChI is InChI=1S/C11H11NO/c1-7-9-5-12-10-4-2-3-8(6-13-7)11(9)10/h2-5,7,12H,6H2,1H3. The molecule has 1 aromatic carbocycles. The Morgan fingerprint density at radius 3 is 3.31 bits per heavy atom. The van der Waals surface area contributed by atoms with Gasteiger partial charge in [-0.15, -0.1) is 0 Å². The zero-order valence-corrected chi connectivity index (χ0v) is 7.50. The van der Waals surface area contributed by atoms with Gasteiger partial charge < -0.3 is 9.72 Å². The van der Waals surface area contributed by atoms with E-state index in [1.54, 1.807) is 0 Å². The zero-order valence-electron chi connectivity index (χ0n) is 7.50. The van der Waals surface area contributed by atoms with Crippen LogP contribution < -0.4 is 0 Å². The van der Waals surface area contributed by atoms with Crippen LogP contribution in [0.25, 0.3) is 10.9 Å². The zero-order chi connectivity index (χ0) is 8.84. The van der Waals surface area contributed by atoms with E-state index >= 15 is 0 Å². The summed E-state index contributed by atoms with van der Waals surface area (Å²) in [4.78, 5) is 3.27. The molecule has 1 aliphatic rings. The summed E-state index contributed by atoms with van der Waals surface area (Å²) < 4.78 is 5.63. The highest BCUT2D eigenvalue weighted by molar-refractivity contribution is 5.87. The van der Waals surface area contributed by atoms with Gasteiger partial charge in [-0.2, -0.15) is 0 Å². The molecule has 2 aromatic rings. The molecule has 0 bridgehead atoms. The third-order valence-electron chi connectivity index (χ3n) is 2.75. The molecule has 0 saturated heterocycles. The van der Waals surface area contributed by atoms with Gasteiger partial charge in [0.1, 0.15) is 0 Å². The van der Waals surface area contributed by atoms with E-state index in [0.717, 1.165) is 6.61 Å². The molecule has 3 rings (SSSR count). The van der Waals surface area contributed by atoms with E-state index in [1.165, 1.54) is 22.0 Å². The van der Waals surface area contributed by atoms with Gasteiger partial charge in [-0.05, 0) is 18.6 Å². The van der Waals surface area contributed by atoms with Gasteiger partial charge in [0.15, 0.2) is 0 Å². The lowest BCUT2D eigenvalue weighted by Crippen LogP contribution is -2.06. The number of benzene rings is 1. The molecule has 0 radical (unpaired) electrons. The van der Waals surface area contributed by atoms with Crippen molar-refractivity contribution in [2.24, 2.45) is 0 Å². The maximum absolute atomic E-state index is 5.63. The lowest BCUT2D eigenvalue weighted by atomic mass is 10.0. The van der Waals surface area contributed by atoms with E-state index in [0.29, 0.717) is 0 Å². The van der Waals surface area contributed by atoms with Crippen molar-refractivity contribution in [3.63, 3.8) is 0 Å². The fourth-order valence-corrected chi connectivity index (χ4v) is 2.03. The summed E-state index contributed by atoms with van der Waals surface area (Å²) in [6.45, 7) is 2.84. The van der Waals surface area contributed by atoms with Gasteiger partial charge >= 0.3 is 0 Å². The van der Waals surface area contributed by atoms with Crippen LogP contribution in [-0.2, 0) is 11.3 Å². The average molecular weight is 173 g/mol. The van der Waals surface area contributed by atoms with Crippen LogP contribution in [0.1, 0.15) is 24.2 Å². The monoisotopic (exact) mass is 173 g/mol. The number of hydrogen-bond donors (Lipinski definition) is 1. The van der Waals surface area contributed by atoms with Gasteiger partial charge in [-0.1, -0.05) is 12.1 Å². The first-order valence-corrected chi connectivity index (χ1v) is 4.57. The van der Waals surface area contributed by atoms with E-state index in [4.69, 9.17) is 4.74 Å². The minimum absolute atomic E-state index is 0.226. The number of rotatable bonds is 0. The summed E-state index contributed by atoms with van der Waals surface area (Å²) in [5.74, 6) is 0. The molecule has 13 heavy (non-hydrogen) atoms. The molecule has 1 N–H and O–H groups in total. The minimum Gasteiger partial charge on any atom is -0.369 e. The molecule has 1 aromatic heterocycles. The van der Waals surface area contributed by atoms with Crippen LogP contribution in [0, 0.1) is 0 Å². The Balaban J connectivity index is 2.45. The van der Waals surface area contributed by atoms with Crippen LogP contribution in [0.15, 0.2) is 24.4 Å². The average Bonchev–Trinajstić information content (AvgIpc) is 2.57. The Hall–Kier alpha value is -1.28. The van der Waals surface area contributed by atoms with E-state index in [2.05, 4.69) is 36.3 Å². The molecule has 0 saturated carbocycles. The SMILES string of the molecule is CC1OCc2cccc3[nH]cc1c23. The maximum Gasteiger partial charge on any atom is 0.0822 e. The molecule has 0 spiro atoms. The smallest absolute Gasteiger partial charge is 0.0822 e. The number of aromatic amines is 1. The van der Waals surface area contributed by atoms with Crippen molar-refractivity contribution in [1.82, 2.24) is 4.98 Å². The van der Waals surface area contributed by atoms with E-state index < -0.39 is 0 Å². The predicted molar refractivity (Wildman–Crippen MR) is 51.5 cm³/mol. The number of hydrogen-bond acceptors (Lipinski definition) is 1. The Labute approximate surface area is 76.5 Å². The quantitative estimate of drug-likeness (QED) is 0.651. The number of ether oxygens (including phenoxy) is 1. The summed E-state index contributed by atoms with van der Waals surface area (Å²) in [6.07, 6.45) is 2.28. The summed E-state index contributed by atoms with van der Waals surface area (Å²) in [5.41, 5.74) is 3.81. The highest BCUT2D eigenvalue weighted by Gasteiger charge is 2.19. The fourth-order valence-electron chi connectivity index (χ4n) is 2.03. The first-order valence-electron chi connectivity index (χ1n) is 4.57. The highest BCUT2D eigenvalue weighted by Crippen LogP contribution is 2.34. The minimum atomic E-state index is 0.226. The third kappa shape index (κ3) is 0.864. The summed E-state index contributed by atoms with van der Waals surface area (Å²) in [7, 11) is 0. The summed E-state index contributed by atoms with van der Waals surface area (Å²) in [5, 5.41) is 1.36. The van der Waals surface area contributed by atoms with Crippen LogP contribution in [0.5, 0.6) is 0 Å². The largest absolute Gasteiger partial charge is 0.369 e. The molecule has 2 heterocycles. The van der Waals surface area contributed by atoms with Crippen molar-refractivity contribution in [3.05, 3.63) is 35.5 Å². The second kappa shape index (κ2) is 2.36. The number of aromatic nitrogens is 1. The maximum atomic E-state index is 5.63. The van der Waals surface area contributed by atoms with Gasteiger partial charge in [0.2, 0.25) is 0 Å². The van der Waals surface area contributed by atoms with Crippen LogP contribution in [-0.4, -0.2) is 4.98 Å². The van der Waals surface area contributed by atoms with Gasteiger partial charge in [0, 0.05) is 22.7 Å². The lowest BCUT2D eigenvalue weighted by molar-refractivity contribution is 0.0488. The fraction of sp³-hybridized carbons (Fsp3) is 0.273. The van der Waals surface area contributed by atoms with Crippen LogP contribution in [0.3, 0.4) is 0 Å². The molecule has 1 unspecified atom stereocenters. The molecular weight excluding hydrogens is 162 g/mol. The molecular formula is C11H11NO. The van der Waals surface area contributed by atoms with Gasteiger partial charge in [0.25, 0.3) is 0 Å². The molecule has 2 heteroatoms. The number of H-pyrrole nitrogens is 1. The molecule has 0 aliphatic carbocycles. The van der Waals surface area contributed by atoms with Crippen molar-refractivity contribution in [2.75, 3.05) is 0 Å². The second-order valence-corrected chi connectivity index (χ2v) is 3.54. The molecule has 1 atom stereocenters. The normalized spacial score (nSPS) is 20.8. The Morgan fingerprint density at radius 2 is 2.38 bits per heavy atom. The topological polar surface area (TPSA) is 25.0 Å². The Kier molecular flexibility index (Phi) is 1.30. The lowest BCUT2D eigenvalue weighted by Gasteiger charge is -2.19. The van der Waals surface area contributed by atoms with E-state index in [1.807, 2.05) is 0 Å². The molecule has 66 valence electrons. The van der Waals surface area contributed by atoms with Gasteiger partial charge in [-0.25, -0.2) is 0 Å². The van der Waals surface area contributed by atoms with E-state index in [9.17, 15) is 0 Å². The summed E-state index contributed by atoms with van der Waals surface area (Å²) in [6, 6.07) is 6.31. The second-order valence-electron chi connectivity index (χ2n) is 3.54. The third-order valence-corrected chi connectivity index (χ3v) is 2.75. The van der Waals surface area contributed by atoms with Crippen molar-refractivity contribution >= 4 is 10.9 Å². The first-order chi connectivity index (χ1) is 6.36. The predicted octanol–water partition coefficient (Wildman–Crippen LogP) is 2.76. The number of nitrogens with one attached hydrogen (secondary N) is 1. The van der Waals surface area contributed by atoms with Gasteiger partial charge in [0.05, 0.1) is 12.7 Å². The molecule has 0 amide bonds. The molecule has 0 fully saturated rings. The van der Waals surface area contributed by atoms with Gasteiger partial charge in [-0.3, -0.25) is 0 Å². The van der Waals surface area contributed by atoms with Crippen molar-refractivity contribution < 1.29 is 4.74 Å².